The molecule has 0 aliphatic rings. The molecule has 1 rings (SSSR count). The summed E-state index contributed by atoms with van der Waals surface area (Å²) >= 11 is 0. The van der Waals surface area contributed by atoms with E-state index in [4.69, 9.17) is 10.4 Å². The number of carbonyl (C=O) groups is 1. The lowest BCUT2D eigenvalue weighted by Gasteiger charge is -2.05. The Balaban J connectivity index is 2.34. The zero-order valence-electron chi connectivity index (χ0n) is 9.65. The van der Waals surface area contributed by atoms with Crippen LogP contribution in [0.2, 0.25) is 0 Å². The van der Waals surface area contributed by atoms with Crippen LogP contribution in [-0.4, -0.2) is 17.6 Å². The van der Waals surface area contributed by atoms with Crippen molar-refractivity contribution in [3.8, 4) is 6.07 Å². The lowest BCUT2D eigenvalue weighted by molar-refractivity contribution is -0.121. The van der Waals surface area contributed by atoms with E-state index in [0.29, 0.717) is 31.4 Å². The van der Waals surface area contributed by atoms with Crippen LogP contribution in [0.1, 0.15) is 30.4 Å². The van der Waals surface area contributed by atoms with Gasteiger partial charge in [0.05, 0.1) is 11.6 Å². The molecule has 1 aromatic rings. The number of carbonyl (C=O) groups excluding carboxylic acids is 1. The van der Waals surface area contributed by atoms with Crippen molar-refractivity contribution in [2.24, 2.45) is 0 Å². The fourth-order valence-electron chi connectivity index (χ4n) is 1.44. The van der Waals surface area contributed by atoms with Crippen LogP contribution in [0, 0.1) is 11.3 Å². The van der Waals surface area contributed by atoms with E-state index in [-0.39, 0.29) is 12.5 Å². The highest BCUT2D eigenvalue weighted by Crippen LogP contribution is 2.04. The first kappa shape index (κ1) is 13.2. The number of aliphatic hydroxyl groups is 1. The number of hydrogen-bond acceptors (Lipinski definition) is 3. The van der Waals surface area contributed by atoms with Gasteiger partial charge in [0.2, 0.25) is 5.91 Å². The third-order valence-electron chi connectivity index (χ3n) is 2.36. The van der Waals surface area contributed by atoms with Gasteiger partial charge in [-0.1, -0.05) is 12.1 Å². The Morgan fingerprint density at radius 2 is 2.24 bits per heavy atom. The maximum absolute atomic E-state index is 11.4. The molecular weight excluding hydrogens is 216 g/mol. The lowest BCUT2D eigenvalue weighted by atomic mass is 10.1. The van der Waals surface area contributed by atoms with Gasteiger partial charge in [-0.05, 0) is 30.5 Å². The number of nitriles is 1. The van der Waals surface area contributed by atoms with Gasteiger partial charge in [0.25, 0.3) is 0 Å². The van der Waals surface area contributed by atoms with E-state index in [1.807, 2.05) is 6.07 Å². The highest BCUT2D eigenvalue weighted by atomic mass is 16.2. The summed E-state index contributed by atoms with van der Waals surface area (Å²) in [4.78, 5) is 11.4. The number of amides is 1. The summed E-state index contributed by atoms with van der Waals surface area (Å²) in [5.74, 6) is -0.0270. The molecule has 0 saturated carbocycles. The number of hydrogen-bond donors (Lipinski definition) is 2. The van der Waals surface area contributed by atoms with E-state index in [1.54, 1.807) is 18.2 Å². The Hall–Kier alpha value is -1.86. The van der Waals surface area contributed by atoms with Crippen molar-refractivity contribution in [3.63, 3.8) is 0 Å². The van der Waals surface area contributed by atoms with Gasteiger partial charge in [0.15, 0.2) is 0 Å². The number of unbranched alkanes of at least 4 members (excludes halogenated alkanes) is 1. The third kappa shape index (κ3) is 5.14. The van der Waals surface area contributed by atoms with Gasteiger partial charge < -0.3 is 10.4 Å². The molecule has 0 aromatic heterocycles. The van der Waals surface area contributed by atoms with Gasteiger partial charge in [-0.3, -0.25) is 4.79 Å². The predicted octanol–water partition coefficient (Wildman–Crippen LogP) is 1.34. The fourth-order valence-corrected chi connectivity index (χ4v) is 1.44. The minimum Gasteiger partial charge on any atom is -0.396 e. The molecule has 0 bridgehead atoms. The quantitative estimate of drug-likeness (QED) is 0.727. The van der Waals surface area contributed by atoms with Crippen LogP contribution in [0.15, 0.2) is 24.3 Å². The van der Waals surface area contributed by atoms with Crippen molar-refractivity contribution >= 4 is 5.91 Å². The first-order valence-electron chi connectivity index (χ1n) is 5.63. The Morgan fingerprint density at radius 1 is 1.41 bits per heavy atom. The number of rotatable bonds is 6. The van der Waals surface area contributed by atoms with Crippen molar-refractivity contribution in [2.75, 3.05) is 6.61 Å². The van der Waals surface area contributed by atoms with E-state index in [2.05, 4.69) is 11.4 Å². The Morgan fingerprint density at radius 3 is 2.94 bits per heavy atom. The van der Waals surface area contributed by atoms with Crippen molar-refractivity contribution < 1.29 is 9.90 Å². The second-order valence-electron chi connectivity index (χ2n) is 3.77. The maximum atomic E-state index is 11.4. The molecule has 0 unspecified atom stereocenters. The van der Waals surface area contributed by atoms with Crippen LogP contribution < -0.4 is 5.32 Å². The van der Waals surface area contributed by atoms with E-state index in [0.717, 1.165) is 5.56 Å². The maximum Gasteiger partial charge on any atom is 0.220 e. The third-order valence-corrected chi connectivity index (χ3v) is 2.36. The molecule has 4 nitrogen and oxygen atoms in total. The molecule has 0 aliphatic carbocycles. The summed E-state index contributed by atoms with van der Waals surface area (Å²) < 4.78 is 0. The van der Waals surface area contributed by atoms with Crippen LogP contribution >= 0.6 is 0 Å². The second kappa shape index (κ2) is 7.42. The smallest absolute Gasteiger partial charge is 0.220 e. The molecule has 0 aliphatic heterocycles. The van der Waals surface area contributed by atoms with Gasteiger partial charge in [-0.15, -0.1) is 0 Å². The molecular formula is C13H16N2O2. The predicted molar refractivity (Wildman–Crippen MR) is 63.9 cm³/mol. The Labute approximate surface area is 101 Å². The van der Waals surface area contributed by atoms with Crippen molar-refractivity contribution in [1.29, 1.82) is 5.26 Å². The first-order valence-corrected chi connectivity index (χ1v) is 5.63. The SMILES string of the molecule is N#Cc1cccc(CNC(=O)CCCCO)c1. The number of aliphatic hydroxyl groups excluding tert-OH is 1. The molecule has 2 N–H and O–H groups in total. The van der Waals surface area contributed by atoms with Crippen molar-refractivity contribution in [2.45, 2.75) is 25.8 Å². The summed E-state index contributed by atoms with van der Waals surface area (Å²) in [6, 6.07) is 9.21. The Bertz CT molecular complexity index is 410. The van der Waals surface area contributed by atoms with Crippen LogP contribution in [0.4, 0.5) is 0 Å². The summed E-state index contributed by atoms with van der Waals surface area (Å²) in [6.45, 7) is 0.560. The largest absolute Gasteiger partial charge is 0.396 e. The average molecular weight is 232 g/mol. The monoisotopic (exact) mass is 232 g/mol. The van der Waals surface area contributed by atoms with E-state index >= 15 is 0 Å². The van der Waals surface area contributed by atoms with Gasteiger partial charge in [0, 0.05) is 19.6 Å². The molecule has 0 saturated heterocycles. The Kier molecular flexibility index (Phi) is 5.76. The minimum atomic E-state index is -0.0270. The zero-order valence-corrected chi connectivity index (χ0v) is 9.65. The van der Waals surface area contributed by atoms with Crippen molar-refractivity contribution in [1.82, 2.24) is 5.32 Å². The average Bonchev–Trinajstić information content (AvgIpc) is 2.37. The van der Waals surface area contributed by atoms with E-state index in [9.17, 15) is 4.79 Å². The van der Waals surface area contributed by atoms with E-state index < -0.39 is 0 Å². The van der Waals surface area contributed by atoms with Crippen LogP contribution in [0.3, 0.4) is 0 Å². The summed E-state index contributed by atoms with van der Waals surface area (Å²) in [5.41, 5.74) is 1.51. The topological polar surface area (TPSA) is 73.1 Å². The second-order valence-corrected chi connectivity index (χ2v) is 3.77. The molecule has 1 aromatic carbocycles. The highest BCUT2D eigenvalue weighted by molar-refractivity contribution is 5.75. The van der Waals surface area contributed by atoms with Gasteiger partial charge in [-0.25, -0.2) is 0 Å². The molecule has 0 atom stereocenters. The summed E-state index contributed by atoms with van der Waals surface area (Å²) in [5, 5.41) is 20.1. The molecule has 0 spiro atoms. The van der Waals surface area contributed by atoms with Gasteiger partial charge >= 0.3 is 0 Å². The van der Waals surface area contributed by atoms with Gasteiger partial charge in [0.1, 0.15) is 0 Å². The molecule has 17 heavy (non-hydrogen) atoms. The van der Waals surface area contributed by atoms with Crippen LogP contribution in [0.25, 0.3) is 0 Å². The standard InChI is InChI=1S/C13H16N2O2/c14-9-11-4-3-5-12(8-11)10-15-13(17)6-1-2-7-16/h3-5,8,16H,1-2,6-7,10H2,(H,15,17). The lowest BCUT2D eigenvalue weighted by Crippen LogP contribution is -2.22. The number of nitrogens with zero attached hydrogens (tertiary/aromatic N) is 1. The minimum absolute atomic E-state index is 0.0270. The fraction of sp³-hybridized carbons (Fsp3) is 0.385. The van der Waals surface area contributed by atoms with Crippen LogP contribution in [-0.2, 0) is 11.3 Å². The zero-order chi connectivity index (χ0) is 12.5. The first-order chi connectivity index (χ1) is 8.26. The molecule has 90 valence electrons. The molecule has 1 amide bonds. The molecule has 4 heteroatoms. The van der Waals surface area contributed by atoms with E-state index in [1.165, 1.54) is 0 Å². The number of nitrogens with one attached hydrogen (secondary N) is 1. The van der Waals surface area contributed by atoms with Gasteiger partial charge in [-0.2, -0.15) is 5.26 Å². The molecule has 0 fully saturated rings. The number of benzene rings is 1. The molecule has 0 heterocycles. The molecule has 0 radical (unpaired) electrons. The van der Waals surface area contributed by atoms with Crippen LogP contribution in [0.5, 0.6) is 0 Å². The van der Waals surface area contributed by atoms with Crippen molar-refractivity contribution in [3.05, 3.63) is 35.4 Å². The normalized spacial score (nSPS) is 9.65. The summed E-state index contributed by atoms with van der Waals surface area (Å²) in [6.07, 6.45) is 1.77. The highest BCUT2D eigenvalue weighted by Gasteiger charge is 2.01. The summed E-state index contributed by atoms with van der Waals surface area (Å²) in [7, 11) is 0.